The lowest BCUT2D eigenvalue weighted by atomic mass is 10.1. The molecular formula is C15H14ClFN2O2. The number of halogens is 2. The Morgan fingerprint density at radius 1 is 1.38 bits per heavy atom. The summed E-state index contributed by atoms with van der Waals surface area (Å²) < 4.78 is 18.2. The van der Waals surface area contributed by atoms with E-state index in [0.29, 0.717) is 11.4 Å². The quantitative estimate of drug-likeness (QED) is 0.662. The summed E-state index contributed by atoms with van der Waals surface area (Å²) in [4.78, 5) is 11.8. The van der Waals surface area contributed by atoms with Crippen molar-refractivity contribution in [2.75, 3.05) is 17.7 Å². The summed E-state index contributed by atoms with van der Waals surface area (Å²) in [5.74, 6) is -0.971. The van der Waals surface area contributed by atoms with Gasteiger partial charge in [-0.2, -0.15) is 0 Å². The number of para-hydroxylation sites is 1. The molecule has 0 aromatic heterocycles. The molecule has 2 aromatic carbocycles. The van der Waals surface area contributed by atoms with E-state index in [2.05, 4.69) is 5.32 Å². The average molecular weight is 309 g/mol. The van der Waals surface area contributed by atoms with Gasteiger partial charge in [-0.15, -0.1) is 0 Å². The molecule has 0 amide bonds. The van der Waals surface area contributed by atoms with Crippen molar-refractivity contribution in [3.8, 4) is 0 Å². The normalized spacial score (nSPS) is 10.2. The van der Waals surface area contributed by atoms with Crippen LogP contribution in [0.25, 0.3) is 0 Å². The Balaban J connectivity index is 2.32. The van der Waals surface area contributed by atoms with Crippen LogP contribution in [-0.4, -0.2) is 12.6 Å². The van der Waals surface area contributed by atoms with Crippen LogP contribution in [0, 0.1) is 5.82 Å². The zero-order valence-electron chi connectivity index (χ0n) is 11.3. The second kappa shape index (κ2) is 6.45. The number of nitrogens with one attached hydrogen (secondary N) is 1. The highest BCUT2D eigenvalue weighted by molar-refractivity contribution is 6.30. The number of benzene rings is 2. The Hall–Kier alpha value is -2.27. The van der Waals surface area contributed by atoms with Gasteiger partial charge in [0, 0.05) is 10.7 Å². The molecule has 0 saturated carbocycles. The fourth-order valence-corrected chi connectivity index (χ4v) is 2.06. The molecule has 0 saturated heterocycles. The van der Waals surface area contributed by atoms with Gasteiger partial charge in [-0.05, 0) is 37.3 Å². The zero-order chi connectivity index (χ0) is 15.4. The van der Waals surface area contributed by atoms with Gasteiger partial charge in [-0.1, -0.05) is 17.7 Å². The number of ether oxygens (including phenoxy) is 1. The van der Waals surface area contributed by atoms with Crippen LogP contribution >= 0.6 is 11.6 Å². The zero-order valence-corrected chi connectivity index (χ0v) is 12.1. The molecule has 0 aliphatic rings. The van der Waals surface area contributed by atoms with Crippen LogP contribution in [0.4, 0.5) is 21.5 Å². The molecule has 0 fully saturated rings. The number of hydrogen-bond donors (Lipinski definition) is 2. The first-order valence-electron chi connectivity index (χ1n) is 6.30. The first-order chi connectivity index (χ1) is 10.0. The van der Waals surface area contributed by atoms with Crippen molar-refractivity contribution in [2.45, 2.75) is 6.92 Å². The minimum atomic E-state index is -0.504. The molecule has 0 atom stereocenters. The van der Waals surface area contributed by atoms with E-state index >= 15 is 0 Å². The van der Waals surface area contributed by atoms with Crippen molar-refractivity contribution in [3.05, 3.63) is 52.8 Å². The third-order valence-electron chi connectivity index (χ3n) is 2.74. The summed E-state index contributed by atoms with van der Waals surface area (Å²) >= 11 is 5.79. The Morgan fingerprint density at radius 3 is 2.81 bits per heavy atom. The lowest BCUT2D eigenvalue weighted by Crippen LogP contribution is -2.09. The monoisotopic (exact) mass is 308 g/mol. The number of hydrogen-bond acceptors (Lipinski definition) is 4. The number of carbonyl (C=O) groups excluding carboxylic acids is 1. The van der Waals surface area contributed by atoms with Crippen molar-refractivity contribution in [1.82, 2.24) is 0 Å². The summed E-state index contributed by atoms with van der Waals surface area (Å²) in [5.41, 5.74) is 7.35. The van der Waals surface area contributed by atoms with Crippen molar-refractivity contribution in [1.29, 1.82) is 0 Å². The fraction of sp³-hybridized carbons (Fsp3) is 0.133. The predicted octanol–water partition coefficient (Wildman–Crippen LogP) is 3.98. The number of nitrogen functional groups attached to an aromatic ring is 1. The molecule has 0 heterocycles. The third kappa shape index (κ3) is 3.64. The first-order valence-corrected chi connectivity index (χ1v) is 6.67. The molecule has 0 aliphatic heterocycles. The van der Waals surface area contributed by atoms with Gasteiger partial charge in [0.05, 0.1) is 23.5 Å². The molecule has 4 nitrogen and oxygen atoms in total. The van der Waals surface area contributed by atoms with Gasteiger partial charge < -0.3 is 15.8 Å². The van der Waals surface area contributed by atoms with E-state index in [9.17, 15) is 9.18 Å². The number of nitrogens with two attached hydrogens (primary N) is 1. The Kier molecular flexibility index (Phi) is 4.65. The van der Waals surface area contributed by atoms with Crippen LogP contribution in [0.1, 0.15) is 17.3 Å². The molecule has 21 heavy (non-hydrogen) atoms. The highest BCUT2D eigenvalue weighted by Crippen LogP contribution is 2.28. The van der Waals surface area contributed by atoms with Crippen LogP contribution in [-0.2, 0) is 4.74 Å². The van der Waals surface area contributed by atoms with Crippen LogP contribution in [0.5, 0.6) is 0 Å². The summed E-state index contributed by atoms with van der Waals surface area (Å²) in [6.07, 6.45) is 0. The molecule has 0 aliphatic carbocycles. The largest absolute Gasteiger partial charge is 0.462 e. The molecular weight excluding hydrogens is 295 g/mol. The number of carbonyl (C=O) groups is 1. The van der Waals surface area contributed by atoms with E-state index < -0.39 is 11.8 Å². The number of anilines is 3. The first kappa shape index (κ1) is 15.1. The summed E-state index contributed by atoms with van der Waals surface area (Å²) in [5, 5.41) is 3.20. The second-order valence-electron chi connectivity index (χ2n) is 4.27. The summed E-state index contributed by atoms with van der Waals surface area (Å²) in [6, 6.07) is 8.94. The molecule has 0 bridgehead atoms. The van der Waals surface area contributed by atoms with Gasteiger partial charge in [-0.25, -0.2) is 9.18 Å². The van der Waals surface area contributed by atoms with Gasteiger partial charge >= 0.3 is 5.97 Å². The predicted molar refractivity (Wildman–Crippen MR) is 81.5 cm³/mol. The maximum Gasteiger partial charge on any atom is 0.340 e. The van der Waals surface area contributed by atoms with E-state index in [1.54, 1.807) is 31.2 Å². The molecule has 6 heteroatoms. The maximum atomic E-state index is 13.3. The Labute approximate surface area is 126 Å². The van der Waals surface area contributed by atoms with Crippen LogP contribution in [0.3, 0.4) is 0 Å². The molecule has 110 valence electrons. The van der Waals surface area contributed by atoms with Gasteiger partial charge in [0.15, 0.2) is 0 Å². The van der Waals surface area contributed by atoms with Gasteiger partial charge in [0.2, 0.25) is 0 Å². The molecule has 3 N–H and O–H groups in total. The van der Waals surface area contributed by atoms with Gasteiger partial charge in [0.25, 0.3) is 0 Å². The maximum absolute atomic E-state index is 13.3. The van der Waals surface area contributed by atoms with E-state index in [-0.39, 0.29) is 22.9 Å². The molecule has 0 spiro atoms. The third-order valence-corrected chi connectivity index (χ3v) is 2.96. The SMILES string of the molecule is CCOC(=O)c1cccc(Nc2cc(F)cc(Cl)c2)c1N. The highest BCUT2D eigenvalue weighted by Gasteiger charge is 2.13. The molecule has 0 unspecified atom stereocenters. The topological polar surface area (TPSA) is 64.3 Å². The minimum Gasteiger partial charge on any atom is -0.462 e. The standard InChI is InChI=1S/C15H14ClFN2O2/c1-2-21-15(20)12-4-3-5-13(14(12)18)19-11-7-9(16)6-10(17)8-11/h3-8,19H,2,18H2,1H3. The summed E-state index contributed by atoms with van der Waals surface area (Å²) in [7, 11) is 0. The van der Waals surface area contributed by atoms with Crippen molar-refractivity contribution < 1.29 is 13.9 Å². The molecule has 2 rings (SSSR count). The number of esters is 1. The van der Waals surface area contributed by atoms with E-state index in [0.717, 1.165) is 0 Å². The Morgan fingerprint density at radius 2 is 2.14 bits per heavy atom. The van der Waals surface area contributed by atoms with Crippen LogP contribution in [0.15, 0.2) is 36.4 Å². The minimum absolute atomic E-state index is 0.233. The van der Waals surface area contributed by atoms with E-state index in [1.165, 1.54) is 12.1 Å². The number of rotatable bonds is 4. The Bertz CT molecular complexity index is 656. The summed E-state index contributed by atoms with van der Waals surface area (Å²) in [6.45, 7) is 1.97. The van der Waals surface area contributed by atoms with Crippen molar-refractivity contribution in [3.63, 3.8) is 0 Å². The van der Waals surface area contributed by atoms with E-state index in [1.807, 2.05) is 0 Å². The fourth-order valence-electron chi connectivity index (χ4n) is 1.84. The lowest BCUT2D eigenvalue weighted by Gasteiger charge is -2.12. The average Bonchev–Trinajstić information content (AvgIpc) is 2.40. The molecule has 0 radical (unpaired) electrons. The van der Waals surface area contributed by atoms with E-state index in [4.69, 9.17) is 22.1 Å². The van der Waals surface area contributed by atoms with Gasteiger partial charge in [0.1, 0.15) is 5.82 Å². The van der Waals surface area contributed by atoms with Crippen molar-refractivity contribution >= 4 is 34.6 Å². The smallest absolute Gasteiger partial charge is 0.340 e. The highest BCUT2D eigenvalue weighted by atomic mass is 35.5. The van der Waals surface area contributed by atoms with Crippen molar-refractivity contribution in [2.24, 2.45) is 0 Å². The molecule has 2 aromatic rings. The lowest BCUT2D eigenvalue weighted by molar-refractivity contribution is 0.0527. The van der Waals surface area contributed by atoms with Gasteiger partial charge in [-0.3, -0.25) is 0 Å². The second-order valence-corrected chi connectivity index (χ2v) is 4.71. The van der Waals surface area contributed by atoms with Crippen LogP contribution in [0.2, 0.25) is 5.02 Å². The van der Waals surface area contributed by atoms with Crippen LogP contribution < -0.4 is 11.1 Å².